The first kappa shape index (κ1) is 21.2. The number of ketones is 1. The summed E-state index contributed by atoms with van der Waals surface area (Å²) < 4.78 is 0. The summed E-state index contributed by atoms with van der Waals surface area (Å²) in [6, 6.07) is 9.56. The van der Waals surface area contributed by atoms with E-state index in [1.54, 1.807) is 19.1 Å². The summed E-state index contributed by atoms with van der Waals surface area (Å²) in [7, 11) is 0. The Morgan fingerprint density at radius 3 is 2.56 bits per heavy atom. The maximum atomic E-state index is 13.1. The van der Waals surface area contributed by atoms with E-state index < -0.39 is 15.8 Å². The fraction of sp³-hybridized carbons (Fsp3) is 0.238. The van der Waals surface area contributed by atoms with E-state index in [1.807, 2.05) is 6.07 Å². The number of hydrogen-bond donors (Lipinski definition) is 1. The van der Waals surface area contributed by atoms with Gasteiger partial charge >= 0.3 is 5.00 Å². The van der Waals surface area contributed by atoms with E-state index >= 15 is 0 Å². The van der Waals surface area contributed by atoms with Gasteiger partial charge in [0.05, 0.1) is 27.4 Å². The van der Waals surface area contributed by atoms with E-state index in [4.69, 9.17) is 5.73 Å². The largest absolute Gasteiger partial charge is 0.384 e. The van der Waals surface area contributed by atoms with Gasteiger partial charge in [0.2, 0.25) is 0 Å². The molecule has 11 heteroatoms. The molecule has 2 aliphatic rings. The van der Waals surface area contributed by atoms with Crippen LogP contribution in [0.25, 0.3) is 0 Å². The molecule has 1 aromatic carbocycles. The third kappa shape index (κ3) is 3.30. The van der Waals surface area contributed by atoms with Gasteiger partial charge in [0, 0.05) is 34.7 Å². The van der Waals surface area contributed by atoms with E-state index in [9.17, 15) is 30.3 Å². The SMILES string of the molecule is Cc1ccc(N2C(N)=C(C#N)[C@@H](c3ccc([N+](=O)[O-])s3)C3=C2CCCC3=O)c([N+](=O)[O-])c1. The number of thiophene rings is 1. The number of carbonyl (C=O) groups is 1. The summed E-state index contributed by atoms with van der Waals surface area (Å²) in [5.74, 6) is -1.07. The van der Waals surface area contributed by atoms with Crippen molar-refractivity contribution in [2.24, 2.45) is 5.73 Å². The molecule has 2 aromatic rings. The number of nitro benzene ring substituents is 1. The van der Waals surface area contributed by atoms with Gasteiger partial charge in [-0.15, -0.1) is 0 Å². The molecule has 32 heavy (non-hydrogen) atoms. The van der Waals surface area contributed by atoms with Crippen molar-refractivity contribution in [1.82, 2.24) is 0 Å². The lowest BCUT2D eigenvalue weighted by molar-refractivity contribution is -0.384. The zero-order valence-electron chi connectivity index (χ0n) is 16.9. The second-order valence-electron chi connectivity index (χ2n) is 7.50. The Bertz CT molecular complexity index is 1290. The molecule has 0 unspecified atom stereocenters. The Kier molecular flexibility index (Phi) is 5.23. The van der Waals surface area contributed by atoms with Gasteiger partial charge in [0.25, 0.3) is 5.69 Å². The second kappa shape index (κ2) is 7.90. The van der Waals surface area contributed by atoms with Crippen LogP contribution in [-0.2, 0) is 4.79 Å². The van der Waals surface area contributed by atoms with Crippen LogP contribution < -0.4 is 10.6 Å². The van der Waals surface area contributed by atoms with Crippen LogP contribution in [0.1, 0.15) is 35.6 Å². The van der Waals surface area contributed by atoms with Crippen LogP contribution in [0.4, 0.5) is 16.4 Å². The lowest BCUT2D eigenvalue weighted by Crippen LogP contribution is -2.38. The molecular formula is C21H17N5O5S. The topological polar surface area (TPSA) is 156 Å². The zero-order valence-corrected chi connectivity index (χ0v) is 17.7. The van der Waals surface area contributed by atoms with E-state index in [0.29, 0.717) is 34.6 Å². The molecule has 0 spiro atoms. The molecule has 1 atom stereocenters. The molecule has 1 aromatic heterocycles. The molecule has 2 N–H and O–H groups in total. The fourth-order valence-corrected chi connectivity index (χ4v) is 5.15. The Morgan fingerprint density at radius 2 is 1.94 bits per heavy atom. The number of Topliss-reactive ketones (excluding diaryl/α,β-unsaturated/α-hetero) is 1. The molecule has 0 fully saturated rings. The summed E-state index contributed by atoms with van der Waals surface area (Å²) in [5.41, 5.74) is 7.90. The number of aryl methyl sites for hydroxylation is 1. The third-order valence-electron chi connectivity index (χ3n) is 5.56. The normalized spacial score (nSPS) is 18.4. The van der Waals surface area contributed by atoms with Crippen LogP contribution in [0.2, 0.25) is 0 Å². The summed E-state index contributed by atoms with van der Waals surface area (Å²) in [6.07, 6.45) is 1.21. The highest BCUT2D eigenvalue weighted by molar-refractivity contribution is 7.15. The molecule has 0 saturated carbocycles. The minimum Gasteiger partial charge on any atom is -0.384 e. The smallest absolute Gasteiger partial charge is 0.324 e. The lowest BCUT2D eigenvalue weighted by Gasteiger charge is -2.38. The van der Waals surface area contributed by atoms with Crippen molar-refractivity contribution < 1.29 is 14.6 Å². The van der Waals surface area contributed by atoms with Crippen LogP contribution >= 0.6 is 11.3 Å². The number of nitrogens with two attached hydrogens (primary N) is 1. The highest BCUT2D eigenvalue weighted by Crippen LogP contribution is 2.49. The first-order valence-electron chi connectivity index (χ1n) is 9.69. The molecule has 4 rings (SSSR count). The number of nitriles is 1. The summed E-state index contributed by atoms with van der Waals surface area (Å²) in [6.45, 7) is 1.72. The van der Waals surface area contributed by atoms with Gasteiger partial charge in [-0.1, -0.05) is 17.4 Å². The maximum absolute atomic E-state index is 13.1. The number of benzene rings is 1. The van der Waals surface area contributed by atoms with Crippen LogP contribution in [0.15, 0.2) is 53.0 Å². The highest BCUT2D eigenvalue weighted by Gasteiger charge is 2.42. The summed E-state index contributed by atoms with van der Waals surface area (Å²) >= 11 is 0.880. The third-order valence-corrected chi connectivity index (χ3v) is 6.66. The van der Waals surface area contributed by atoms with Gasteiger partial charge in [-0.25, -0.2) is 0 Å². The number of anilines is 1. The predicted molar refractivity (Wildman–Crippen MR) is 117 cm³/mol. The van der Waals surface area contributed by atoms with E-state index in [2.05, 4.69) is 0 Å². The summed E-state index contributed by atoms with van der Waals surface area (Å²) in [4.78, 5) is 36.8. The first-order valence-corrected chi connectivity index (χ1v) is 10.5. The molecule has 0 bridgehead atoms. The van der Waals surface area contributed by atoms with Crippen molar-refractivity contribution in [3.8, 4) is 6.07 Å². The monoisotopic (exact) mass is 451 g/mol. The van der Waals surface area contributed by atoms with Gasteiger partial charge in [-0.2, -0.15) is 5.26 Å². The molecule has 10 nitrogen and oxygen atoms in total. The number of nitrogens with zero attached hydrogens (tertiary/aromatic N) is 4. The van der Waals surface area contributed by atoms with E-state index in [-0.39, 0.29) is 40.0 Å². The second-order valence-corrected chi connectivity index (χ2v) is 8.59. The average molecular weight is 451 g/mol. The van der Waals surface area contributed by atoms with Crippen molar-refractivity contribution in [3.63, 3.8) is 0 Å². The van der Waals surface area contributed by atoms with Gasteiger partial charge < -0.3 is 5.73 Å². The van der Waals surface area contributed by atoms with Crippen molar-refractivity contribution in [2.45, 2.75) is 32.1 Å². The number of nitro groups is 2. The fourth-order valence-electron chi connectivity index (χ4n) is 4.21. The van der Waals surface area contributed by atoms with Crippen molar-refractivity contribution in [3.05, 3.63) is 83.7 Å². The van der Waals surface area contributed by atoms with E-state index in [1.165, 1.54) is 23.1 Å². The Balaban J connectivity index is 1.99. The van der Waals surface area contributed by atoms with Gasteiger partial charge in [0.1, 0.15) is 11.5 Å². The Morgan fingerprint density at radius 1 is 1.19 bits per heavy atom. The molecule has 1 aliphatic heterocycles. The zero-order chi connectivity index (χ0) is 23.2. The van der Waals surface area contributed by atoms with Crippen molar-refractivity contribution in [1.29, 1.82) is 5.26 Å². The predicted octanol–water partition coefficient (Wildman–Crippen LogP) is 4.18. The molecule has 0 amide bonds. The molecule has 2 heterocycles. The quantitative estimate of drug-likeness (QED) is 0.536. The number of allylic oxidation sites excluding steroid dienone is 3. The number of carbonyl (C=O) groups excluding carboxylic acids is 1. The number of rotatable bonds is 4. The van der Waals surface area contributed by atoms with Gasteiger partial charge in [-0.05, 0) is 37.5 Å². The van der Waals surface area contributed by atoms with Crippen molar-refractivity contribution in [2.75, 3.05) is 4.90 Å². The van der Waals surface area contributed by atoms with Gasteiger partial charge in [-0.3, -0.25) is 29.9 Å². The number of hydrogen-bond acceptors (Lipinski definition) is 9. The summed E-state index contributed by atoms with van der Waals surface area (Å²) in [5, 5.41) is 32.8. The lowest BCUT2D eigenvalue weighted by atomic mass is 9.78. The molecular weight excluding hydrogens is 434 g/mol. The standard InChI is InChI=1S/C21H17N5O5S/c1-11-5-6-13(15(9-11)25(28)29)24-14-3-2-4-16(27)20(14)19(12(10-22)21(24)23)17-7-8-18(32-17)26(30)31/h5-9,19H,2-4,23H2,1H3/t19-/m0/s1. The highest BCUT2D eigenvalue weighted by atomic mass is 32.1. The van der Waals surface area contributed by atoms with Crippen molar-refractivity contribution >= 4 is 33.5 Å². The molecule has 0 saturated heterocycles. The molecule has 162 valence electrons. The van der Waals surface area contributed by atoms with Gasteiger partial charge in [0.15, 0.2) is 5.78 Å². The Hall–Kier alpha value is -4.04. The van der Waals surface area contributed by atoms with Crippen LogP contribution in [0.5, 0.6) is 0 Å². The molecule has 1 aliphatic carbocycles. The maximum Gasteiger partial charge on any atom is 0.324 e. The molecule has 0 radical (unpaired) electrons. The van der Waals surface area contributed by atoms with Crippen LogP contribution in [0, 0.1) is 38.5 Å². The minimum absolute atomic E-state index is 0.0195. The Labute approximate surface area is 186 Å². The van der Waals surface area contributed by atoms with Crippen LogP contribution in [-0.4, -0.2) is 15.6 Å². The van der Waals surface area contributed by atoms with Crippen LogP contribution in [0.3, 0.4) is 0 Å². The average Bonchev–Trinajstić information content (AvgIpc) is 3.24. The minimum atomic E-state index is -0.845. The van der Waals surface area contributed by atoms with E-state index in [0.717, 1.165) is 11.3 Å². The first-order chi connectivity index (χ1) is 15.2.